The van der Waals surface area contributed by atoms with Gasteiger partial charge in [0.15, 0.2) is 0 Å². The van der Waals surface area contributed by atoms with Crippen molar-refractivity contribution in [2.45, 2.75) is 51.0 Å². The lowest BCUT2D eigenvalue weighted by Crippen LogP contribution is -2.30. The minimum Gasteiger partial charge on any atom is -0.491 e. The molecule has 0 saturated heterocycles. The lowest BCUT2D eigenvalue weighted by molar-refractivity contribution is 0.271. The SMILES string of the molecule is CCC(C)(C)c1ccccc1OCC1(N)CC1. The zero-order valence-electron chi connectivity index (χ0n) is 11.1. The van der Waals surface area contributed by atoms with Gasteiger partial charge < -0.3 is 10.5 Å². The van der Waals surface area contributed by atoms with Crippen LogP contribution in [0.3, 0.4) is 0 Å². The normalized spacial score (nSPS) is 17.9. The standard InChI is InChI=1S/C15H23NO/c1-4-14(2,3)12-7-5-6-8-13(12)17-11-15(16)9-10-15/h5-8H,4,9-11,16H2,1-3H3. The van der Waals surface area contributed by atoms with Crippen LogP contribution in [0.4, 0.5) is 0 Å². The molecule has 2 N–H and O–H groups in total. The van der Waals surface area contributed by atoms with Crippen LogP contribution in [0.15, 0.2) is 24.3 Å². The predicted molar refractivity (Wildman–Crippen MR) is 71.4 cm³/mol. The van der Waals surface area contributed by atoms with E-state index in [4.69, 9.17) is 10.5 Å². The van der Waals surface area contributed by atoms with E-state index in [-0.39, 0.29) is 11.0 Å². The summed E-state index contributed by atoms with van der Waals surface area (Å²) in [6.07, 6.45) is 3.28. The quantitative estimate of drug-likeness (QED) is 0.847. The fourth-order valence-corrected chi connectivity index (χ4v) is 1.87. The maximum absolute atomic E-state index is 6.06. The summed E-state index contributed by atoms with van der Waals surface area (Å²) in [5.41, 5.74) is 7.45. The van der Waals surface area contributed by atoms with Crippen molar-refractivity contribution in [1.82, 2.24) is 0 Å². The van der Waals surface area contributed by atoms with E-state index in [1.54, 1.807) is 0 Å². The molecule has 0 spiro atoms. The number of hydrogen-bond acceptors (Lipinski definition) is 2. The monoisotopic (exact) mass is 233 g/mol. The molecule has 2 heteroatoms. The van der Waals surface area contributed by atoms with Gasteiger partial charge in [0.1, 0.15) is 12.4 Å². The molecule has 17 heavy (non-hydrogen) atoms. The van der Waals surface area contributed by atoms with Gasteiger partial charge in [-0.05, 0) is 36.3 Å². The van der Waals surface area contributed by atoms with Gasteiger partial charge in [0, 0.05) is 0 Å². The first-order chi connectivity index (χ1) is 7.97. The summed E-state index contributed by atoms with van der Waals surface area (Å²) in [7, 11) is 0. The van der Waals surface area contributed by atoms with Gasteiger partial charge >= 0.3 is 0 Å². The van der Waals surface area contributed by atoms with Crippen LogP contribution in [-0.2, 0) is 5.41 Å². The summed E-state index contributed by atoms with van der Waals surface area (Å²) in [6, 6.07) is 8.32. The second-order valence-electron chi connectivity index (χ2n) is 5.88. The molecule has 0 unspecified atom stereocenters. The van der Waals surface area contributed by atoms with Crippen molar-refractivity contribution in [3.8, 4) is 5.75 Å². The molecule has 0 amide bonds. The van der Waals surface area contributed by atoms with Gasteiger partial charge in [-0.15, -0.1) is 0 Å². The highest BCUT2D eigenvalue weighted by Crippen LogP contribution is 2.37. The molecule has 1 aliphatic rings. The Morgan fingerprint density at radius 2 is 1.94 bits per heavy atom. The number of nitrogens with two attached hydrogens (primary N) is 1. The maximum atomic E-state index is 6.06. The Kier molecular flexibility index (Phi) is 3.17. The van der Waals surface area contributed by atoms with E-state index in [9.17, 15) is 0 Å². The summed E-state index contributed by atoms with van der Waals surface area (Å²) in [5.74, 6) is 0.996. The second kappa shape index (κ2) is 4.34. The van der Waals surface area contributed by atoms with Gasteiger partial charge in [0.25, 0.3) is 0 Å². The molecule has 1 aliphatic carbocycles. The van der Waals surface area contributed by atoms with E-state index in [0.717, 1.165) is 25.0 Å². The fourth-order valence-electron chi connectivity index (χ4n) is 1.87. The number of rotatable bonds is 5. The average molecular weight is 233 g/mol. The van der Waals surface area contributed by atoms with Crippen molar-refractivity contribution in [1.29, 1.82) is 0 Å². The molecule has 0 radical (unpaired) electrons. The Bertz CT molecular complexity index is 394. The molecule has 0 aromatic heterocycles. The highest BCUT2D eigenvalue weighted by atomic mass is 16.5. The smallest absolute Gasteiger partial charge is 0.123 e. The maximum Gasteiger partial charge on any atom is 0.123 e. The third kappa shape index (κ3) is 2.81. The molecule has 0 bridgehead atoms. The number of benzene rings is 1. The Balaban J connectivity index is 2.15. The number of para-hydroxylation sites is 1. The molecular formula is C15H23NO. The van der Waals surface area contributed by atoms with Gasteiger partial charge in [0.05, 0.1) is 5.54 Å². The van der Waals surface area contributed by atoms with Crippen LogP contribution in [0.2, 0.25) is 0 Å². The van der Waals surface area contributed by atoms with E-state index in [1.165, 1.54) is 5.56 Å². The van der Waals surface area contributed by atoms with Crippen LogP contribution >= 0.6 is 0 Å². The first-order valence-electron chi connectivity index (χ1n) is 6.48. The zero-order valence-corrected chi connectivity index (χ0v) is 11.1. The molecule has 94 valence electrons. The number of hydrogen-bond donors (Lipinski definition) is 1. The summed E-state index contributed by atoms with van der Waals surface area (Å²) < 4.78 is 5.93. The molecule has 1 aromatic carbocycles. The lowest BCUT2D eigenvalue weighted by Gasteiger charge is -2.26. The van der Waals surface area contributed by atoms with Crippen LogP contribution in [-0.4, -0.2) is 12.1 Å². The fraction of sp³-hybridized carbons (Fsp3) is 0.600. The summed E-state index contributed by atoms with van der Waals surface area (Å²) in [5, 5.41) is 0. The predicted octanol–water partition coefficient (Wildman–Crippen LogP) is 3.24. The zero-order chi connectivity index (χ0) is 12.5. The minimum absolute atomic E-state index is 0.0521. The Labute approximate surface area is 104 Å². The topological polar surface area (TPSA) is 35.2 Å². The van der Waals surface area contributed by atoms with Gasteiger partial charge in [0.2, 0.25) is 0 Å². The summed E-state index contributed by atoms with van der Waals surface area (Å²) in [4.78, 5) is 0. The van der Waals surface area contributed by atoms with Gasteiger partial charge in [-0.1, -0.05) is 39.0 Å². The van der Waals surface area contributed by atoms with Crippen LogP contribution in [0, 0.1) is 0 Å². The first-order valence-corrected chi connectivity index (χ1v) is 6.48. The molecule has 2 nitrogen and oxygen atoms in total. The molecule has 1 aromatic rings. The third-order valence-corrected chi connectivity index (χ3v) is 3.91. The molecule has 0 aliphatic heterocycles. The largest absolute Gasteiger partial charge is 0.491 e. The van der Waals surface area contributed by atoms with E-state index >= 15 is 0 Å². The van der Waals surface area contributed by atoms with E-state index in [1.807, 2.05) is 6.07 Å². The van der Waals surface area contributed by atoms with Crippen molar-refractivity contribution < 1.29 is 4.74 Å². The Morgan fingerprint density at radius 1 is 1.29 bits per heavy atom. The molecular weight excluding hydrogens is 210 g/mol. The van der Waals surface area contributed by atoms with Crippen molar-refractivity contribution in [3.63, 3.8) is 0 Å². The third-order valence-electron chi connectivity index (χ3n) is 3.91. The number of ether oxygens (including phenoxy) is 1. The van der Waals surface area contributed by atoms with E-state index in [2.05, 4.69) is 39.0 Å². The van der Waals surface area contributed by atoms with E-state index in [0.29, 0.717) is 6.61 Å². The highest BCUT2D eigenvalue weighted by Gasteiger charge is 2.39. The van der Waals surface area contributed by atoms with E-state index < -0.39 is 0 Å². The summed E-state index contributed by atoms with van der Waals surface area (Å²) in [6.45, 7) is 7.36. The first kappa shape index (κ1) is 12.4. The van der Waals surface area contributed by atoms with Crippen molar-refractivity contribution in [3.05, 3.63) is 29.8 Å². The Hall–Kier alpha value is -1.02. The molecule has 0 atom stereocenters. The van der Waals surface area contributed by atoms with Crippen LogP contribution in [0.25, 0.3) is 0 Å². The molecule has 1 saturated carbocycles. The van der Waals surface area contributed by atoms with Crippen molar-refractivity contribution in [2.75, 3.05) is 6.61 Å². The van der Waals surface area contributed by atoms with Crippen molar-refractivity contribution >= 4 is 0 Å². The molecule has 2 rings (SSSR count). The minimum atomic E-state index is -0.0521. The van der Waals surface area contributed by atoms with Crippen LogP contribution in [0.5, 0.6) is 5.75 Å². The van der Waals surface area contributed by atoms with Crippen molar-refractivity contribution in [2.24, 2.45) is 5.73 Å². The molecule has 0 heterocycles. The highest BCUT2D eigenvalue weighted by molar-refractivity contribution is 5.38. The van der Waals surface area contributed by atoms with Gasteiger partial charge in [-0.25, -0.2) is 0 Å². The van der Waals surface area contributed by atoms with Gasteiger partial charge in [-0.2, -0.15) is 0 Å². The Morgan fingerprint density at radius 3 is 2.53 bits per heavy atom. The lowest BCUT2D eigenvalue weighted by atomic mass is 9.82. The summed E-state index contributed by atoms with van der Waals surface area (Å²) >= 11 is 0. The van der Waals surface area contributed by atoms with Gasteiger partial charge in [-0.3, -0.25) is 0 Å². The van der Waals surface area contributed by atoms with Crippen LogP contribution < -0.4 is 10.5 Å². The second-order valence-corrected chi connectivity index (χ2v) is 5.88. The van der Waals surface area contributed by atoms with Crippen LogP contribution in [0.1, 0.15) is 45.6 Å². The molecule has 1 fully saturated rings. The average Bonchev–Trinajstić information content (AvgIpc) is 3.06.